The molecule has 1 atom stereocenters. The molecule has 2 amide bonds. The van der Waals surface area contributed by atoms with Gasteiger partial charge in [-0.3, -0.25) is 14.5 Å². The van der Waals surface area contributed by atoms with Gasteiger partial charge in [0.05, 0.1) is 31.5 Å². The highest BCUT2D eigenvalue weighted by Crippen LogP contribution is 2.33. The van der Waals surface area contributed by atoms with Crippen molar-refractivity contribution in [3.63, 3.8) is 0 Å². The lowest BCUT2D eigenvalue weighted by Gasteiger charge is -2.37. The molecule has 0 N–H and O–H groups in total. The van der Waals surface area contributed by atoms with E-state index in [1.54, 1.807) is 6.92 Å². The molecule has 2 fully saturated rings. The van der Waals surface area contributed by atoms with Crippen LogP contribution >= 0.6 is 0 Å². The van der Waals surface area contributed by atoms with Crippen LogP contribution < -0.4 is 4.90 Å². The number of likely N-dealkylation sites (tertiary alicyclic amines) is 1. The molecule has 0 bridgehead atoms. The number of piperidine rings is 1. The zero-order valence-electron chi connectivity index (χ0n) is 19.7. The van der Waals surface area contributed by atoms with Crippen molar-refractivity contribution in [3.05, 3.63) is 17.1 Å². The molecule has 0 saturated carbocycles. The first-order chi connectivity index (χ1) is 15.4. The van der Waals surface area contributed by atoms with Gasteiger partial charge in [-0.2, -0.15) is 0 Å². The number of morpholine rings is 1. The van der Waals surface area contributed by atoms with Gasteiger partial charge in [0.2, 0.25) is 11.8 Å². The smallest absolute Gasteiger partial charge is 0.224 e. The van der Waals surface area contributed by atoms with Gasteiger partial charge in [-0.1, -0.05) is 0 Å². The third kappa shape index (κ3) is 5.04. The summed E-state index contributed by atoms with van der Waals surface area (Å²) < 4.78 is 5.41. The molecule has 2 saturated heterocycles. The van der Waals surface area contributed by atoms with E-state index in [9.17, 15) is 9.59 Å². The van der Waals surface area contributed by atoms with E-state index in [0.29, 0.717) is 19.5 Å². The molecular formula is C23H36N6O3. The first-order valence-electron chi connectivity index (χ1n) is 11.9. The van der Waals surface area contributed by atoms with Crippen LogP contribution in [0.1, 0.15) is 55.7 Å². The molecule has 9 nitrogen and oxygen atoms in total. The molecule has 32 heavy (non-hydrogen) atoms. The maximum absolute atomic E-state index is 13.2. The van der Waals surface area contributed by atoms with E-state index in [-0.39, 0.29) is 17.9 Å². The zero-order valence-corrected chi connectivity index (χ0v) is 19.7. The van der Waals surface area contributed by atoms with Crippen LogP contribution in [0.15, 0.2) is 0 Å². The molecule has 1 unspecified atom stereocenters. The average Bonchev–Trinajstić information content (AvgIpc) is 2.82. The van der Waals surface area contributed by atoms with Crippen molar-refractivity contribution in [1.29, 1.82) is 0 Å². The van der Waals surface area contributed by atoms with Crippen molar-refractivity contribution in [2.45, 2.75) is 51.6 Å². The summed E-state index contributed by atoms with van der Waals surface area (Å²) in [6.45, 7) is 7.67. The number of fused-ring (bicyclic) bond motifs is 1. The molecule has 4 heterocycles. The number of carbonyl (C=O) groups excluding carboxylic acids is 2. The number of nitrogens with zero attached hydrogens (tertiary/aromatic N) is 6. The highest BCUT2D eigenvalue weighted by atomic mass is 16.5. The SMILES string of the molecule is CC(=O)N1CCc2nc(C3CCCCN3C(=O)CCN3CCOCC3)nc(N(C)C)c2C1. The second-order valence-corrected chi connectivity index (χ2v) is 9.22. The molecule has 0 radical (unpaired) electrons. The zero-order chi connectivity index (χ0) is 22.7. The Morgan fingerprint density at radius 1 is 1.09 bits per heavy atom. The Bertz CT molecular complexity index is 839. The fraction of sp³-hybridized carbons (Fsp3) is 0.739. The third-order valence-electron chi connectivity index (χ3n) is 6.79. The summed E-state index contributed by atoms with van der Waals surface area (Å²) in [4.78, 5) is 43.2. The van der Waals surface area contributed by atoms with Gasteiger partial charge in [0, 0.05) is 72.1 Å². The second kappa shape index (κ2) is 10.1. The molecule has 9 heteroatoms. The van der Waals surface area contributed by atoms with Crippen molar-refractivity contribution in [1.82, 2.24) is 24.7 Å². The fourth-order valence-electron chi connectivity index (χ4n) is 4.92. The van der Waals surface area contributed by atoms with Gasteiger partial charge in [0.1, 0.15) is 5.82 Å². The molecular weight excluding hydrogens is 408 g/mol. The molecule has 1 aromatic heterocycles. The summed E-state index contributed by atoms with van der Waals surface area (Å²) in [6, 6.07) is -0.0734. The molecule has 0 spiro atoms. The van der Waals surface area contributed by atoms with Gasteiger partial charge in [-0.05, 0) is 19.3 Å². The van der Waals surface area contributed by atoms with E-state index in [4.69, 9.17) is 14.7 Å². The van der Waals surface area contributed by atoms with Crippen molar-refractivity contribution in [2.75, 3.05) is 64.9 Å². The Labute approximate surface area is 190 Å². The van der Waals surface area contributed by atoms with Gasteiger partial charge < -0.3 is 19.4 Å². The molecule has 1 aromatic rings. The maximum Gasteiger partial charge on any atom is 0.224 e. The van der Waals surface area contributed by atoms with Gasteiger partial charge in [0.15, 0.2) is 5.82 Å². The van der Waals surface area contributed by atoms with E-state index >= 15 is 0 Å². The summed E-state index contributed by atoms with van der Waals surface area (Å²) in [5, 5.41) is 0. The van der Waals surface area contributed by atoms with Crippen molar-refractivity contribution < 1.29 is 14.3 Å². The summed E-state index contributed by atoms with van der Waals surface area (Å²) >= 11 is 0. The number of hydrogen-bond acceptors (Lipinski definition) is 7. The monoisotopic (exact) mass is 444 g/mol. The minimum atomic E-state index is -0.0734. The lowest BCUT2D eigenvalue weighted by Crippen LogP contribution is -2.43. The summed E-state index contributed by atoms with van der Waals surface area (Å²) in [5.41, 5.74) is 2.05. The number of anilines is 1. The van der Waals surface area contributed by atoms with Gasteiger partial charge in [0.25, 0.3) is 0 Å². The molecule has 0 aromatic carbocycles. The first-order valence-corrected chi connectivity index (χ1v) is 11.9. The van der Waals surface area contributed by atoms with Crippen LogP contribution in [0, 0.1) is 0 Å². The van der Waals surface area contributed by atoms with Crippen molar-refractivity contribution in [3.8, 4) is 0 Å². The minimum Gasteiger partial charge on any atom is -0.379 e. The second-order valence-electron chi connectivity index (χ2n) is 9.22. The van der Waals surface area contributed by atoms with E-state index in [1.807, 2.05) is 28.8 Å². The normalized spacial score (nSPS) is 21.9. The van der Waals surface area contributed by atoms with E-state index < -0.39 is 0 Å². The summed E-state index contributed by atoms with van der Waals surface area (Å²) in [5.74, 6) is 1.89. The molecule has 4 rings (SSSR count). The van der Waals surface area contributed by atoms with Crippen LogP contribution in [0.3, 0.4) is 0 Å². The van der Waals surface area contributed by atoms with E-state index in [1.165, 1.54) is 0 Å². The topological polar surface area (TPSA) is 82.1 Å². The highest BCUT2D eigenvalue weighted by Gasteiger charge is 2.33. The molecule has 0 aliphatic carbocycles. The lowest BCUT2D eigenvalue weighted by molar-refractivity contribution is -0.136. The first kappa shape index (κ1) is 22.9. The van der Waals surface area contributed by atoms with Gasteiger partial charge in [-0.25, -0.2) is 9.97 Å². The van der Waals surface area contributed by atoms with Crippen LogP contribution in [-0.4, -0.2) is 96.5 Å². The number of aromatic nitrogens is 2. The lowest BCUT2D eigenvalue weighted by atomic mass is 9.99. The standard InChI is InChI=1S/C23H36N6O3/c1-17(30)28-11-7-19-18(16-28)23(26(2)3)25-22(24-19)20-6-4-5-9-29(20)21(31)8-10-27-12-14-32-15-13-27/h20H,4-16H2,1-3H3. The van der Waals surface area contributed by atoms with Crippen LogP contribution in [0.5, 0.6) is 0 Å². The Hall–Kier alpha value is -2.26. The van der Waals surface area contributed by atoms with Crippen LogP contribution in [0.2, 0.25) is 0 Å². The van der Waals surface area contributed by atoms with Crippen LogP contribution in [0.25, 0.3) is 0 Å². The fourth-order valence-corrected chi connectivity index (χ4v) is 4.92. The number of ether oxygens (including phenoxy) is 1. The Balaban J connectivity index is 1.54. The predicted octanol–water partition coefficient (Wildman–Crippen LogP) is 1.22. The predicted molar refractivity (Wildman–Crippen MR) is 121 cm³/mol. The number of carbonyl (C=O) groups is 2. The van der Waals surface area contributed by atoms with Crippen LogP contribution in [-0.2, 0) is 27.3 Å². The van der Waals surface area contributed by atoms with E-state index in [0.717, 1.165) is 88.0 Å². The van der Waals surface area contributed by atoms with Crippen molar-refractivity contribution >= 4 is 17.6 Å². The largest absolute Gasteiger partial charge is 0.379 e. The minimum absolute atomic E-state index is 0.0734. The Morgan fingerprint density at radius 3 is 2.59 bits per heavy atom. The third-order valence-corrected chi connectivity index (χ3v) is 6.79. The number of rotatable bonds is 5. The highest BCUT2D eigenvalue weighted by molar-refractivity contribution is 5.77. The molecule has 3 aliphatic heterocycles. The van der Waals surface area contributed by atoms with Crippen molar-refractivity contribution in [2.24, 2.45) is 0 Å². The quantitative estimate of drug-likeness (QED) is 0.675. The summed E-state index contributed by atoms with van der Waals surface area (Å²) in [6.07, 6.45) is 4.25. The summed E-state index contributed by atoms with van der Waals surface area (Å²) in [7, 11) is 3.95. The maximum atomic E-state index is 13.2. The number of amides is 2. The Kier molecular flexibility index (Phi) is 7.25. The van der Waals surface area contributed by atoms with E-state index in [2.05, 4.69) is 4.90 Å². The van der Waals surface area contributed by atoms with Gasteiger partial charge in [-0.15, -0.1) is 0 Å². The average molecular weight is 445 g/mol. The van der Waals surface area contributed by atoms with Gasteiger partial charge >= 0.3 is 0 Å². The number of hydrogen-bond donors (Lipinski definition) is 0. The molecule has 3 aliphatic rings. The van der Waals surface area contributed by atoms with Crippen LogP contribution in [0.4, 0.5) is 5.82 Å². The Morgan fingerprint density at radius 2 is 1.88 bits per heavy atom. The molecule has 176 valence electrons.